The van der Waals surface area contributed by atoms with E-state index in [9.17, 15) is 0 Å². The SMILES string of the molecule is CCCCN1CC(Cc2ccccc2)NCC12CCCC2. The highest BCUT2D eigenvalue weighted by molar-refractivity contribution is 5.17. The molecule has 0 bridgehead atoms. The zero-order valence-electron chi connectivity index (χ0n) is 13.5. The fraction of sp³-hybridized carbons (Fsp3) is 0.684. The fourth-order valence-corrected chi connectivity index (χ4v) is 4.21. The van der Waals surface area contributed by atoms with Gasteiger partial charge in [-0.15, -0.1) is 0 Å². The number of nitrogens with zero attached hydrogens (tertiary/aromatic N) is 1. The zero-order chi connectivity index (χ0) is 14.5. The third-order valence-corrected chi connectivity index (χ3v) is 5.47. The lowest BCUT2D eigenvalue weighted by Gasteiger charge is -2.48. The minimum Gasteiger partial charge on any atom is -0.311 e. The molecule has 0 radical (unpaired) electrons. The summed E-state index contributed by atoms with van der Waals surface area (Å²) < 4.78 is 0. The van der Waals surface area contributed by atoms with Crippen molar-refractivity contribution in [2.45, 2.75) is 63.5 Å². The molecule has 3 rings (SSSR count). The highest BCUT2D eigenvalue weighted by Gasteiger charge is 2.42. The van der Waals surface area contributed by atoms with Gasteiger partial charge in [0.15, 0.2) is 0 Å². The van der Waals surface area contributed by atoms with Crippen LogP contribution in [0.3, 0.4) is 0 Å². The van der Waals surface area contributed by atoms with Crippen molar-refractivity contribution in [2.75, 3.05) is 19.6 Å². The standard InChI is InChI=1S/C19H30N2/c1-2-3-13-21-15-18(14-17-9-5-4-6-10-17)20-16-19(21)11-7-8-12-19/h4-6,9-10,18,20H,2-3,7-8,11-16H2,1H3. The Balaban J connectivity index is 1.64. The van der Waals surface area contributed by atoms with Crippen LogP contribution < -0.4 is 5.32 Å². The second kappa shape index (κ2) is 6.93. The quantitative estimate of drug-likeness (QED) is 0.889. The van der Waals surface area contributed by atoms with Crippen molar-refractivity contribution in [1.29, 1.82) is 0 Å². The van der Waals surface area contributed by atoms with Crippen LogP contribution in [0.25, 0.3) is 0 Å². The molecule has 21 heavy (non-hydrogen) atoms. The molecular weight excluding hydrogens is 256 g/mol. The monoisotopic (exact) mass is 286 g/mol. The summed E-state index contributed by atoms with van der Waals surface area (Å²) in [7, 11) is 0. The van der Waals surface area contributed by atoms with Gasteiger partial charge in [-0.1, -0.05) is 56.5 Å². The lowest BCUT2D eigenvalue weighted by atomic mass is 9.89. The number of piperazine rings is 1. The molecular formula is C19H30N2. The Hall–Kier alpha value is -0.860. The maximum Gasteiger partial charge on any atom is 0.0334 e. The molecule has 1 saturated carbocycles. The van der Waals surface area contributed by atoms with Gasteiger partial charge in [0.25, 0.3) is 0 Å². The van der Waals surface area contributed by atoms with E-state index in [1.54, 1.807) is 0 Å². The number of rotatable bonds is 5. The molecule has 0 amide bonds. The third kappa shape index (κ3) is 3.49. The molecule has 1 unspecified atom stereocenters. The number of hydrogen-bond acceptors (Lipinski definition) is 2. The van der Waals surface area contributed by atoms with E-state index in [0.29, 0.717) is 11.6 Å². The lowest BCUT2D eigenvalue weighted by molar-refractivity contribution is 0.0419. The predicted molar refractivity (Wildman–Crippen MR) is 89.6 cm³/mol. The minimum absolute atomic E-state index is 0.488. The zero-order valence-corrected chi connectivity index (χ0v) is 13.5. The van der Waals surface area contributed by atoms with Gasteiger partial charge in [0.1, 0.15) is 0 Å². The smallest absolute Gasteiger partial charge is 0.0334 e. The Morgan fingerprint density at radius 3 is 2.67 bits per heavy atom. The summed E-state index contributed by atoms with van der Waals surface area (Å²) in [5.41, 5.74) is 1.95. The van der Waals surface area contributed by atoms with E-state index >= 15 is 0 Å². The van der Waals surface area contributed by atoms with E-state index in [-0.39, 0.29) is 0 Å². The Labute approximate surface area is 129 Å². The molecule has 1 N–H and O–H groups in total. The van der Waals surface area contributed by atoms with Crippen molar-refractivity contribution < 1.29 is 0 Å². The average molecular weight is 286 g/mol. The van der Waals surface area contributed by atoms with E-state index in [4.69, 9.17) is 0 Å². The van der Waals surface area contributed by atoms with Gasteiger partial charge in [0, 0.05) is 24.7 Å². The van der Waals surface area contributed by atoms with Gasteiger partial charge in [0.05, 0.1) is 0 Å². The second-order valence-electron chi connectivity index (χ2n) is 7.00. The van der Waals surface area contributed by atoms with Crippen LogP contribution in [0.15, 0.2) is 30.3 Å². The molecule has 2 fully saturated rings. The van der Waals surface area contributed by atoms with Gasteiger partial charge in [-0.2, -0.15) is 0 Å². The maximum absolute atomic E-state index is 3.87. The van der Waals surface area contributed by atoms with Crippen LogP contribution in [-0.4, -0.2) is 36.1 Å². The van der Waals surface area contributed by atoms with Crippen molar-refractivity contribution in [2.24, 2.45) is 0 Å². The molecule has 1 aliphatic carbocycles. The van der Waals surface area contributed by atoms with Gasteiger partial charge in [0.2, 0.25) is 0 Å². The van der Waals surface area contributed by atoms with Crippen LogP contribution in [0, 0.1) is 0 Å². The van der Waals surface area contributed by atoms with Crippen molar-refractivity contribution in [1.82, 2.24) is 10.2 Å². The van der Waals surface area contributed by atoms with Crippen molar-refractivity contribution in [3.8, 4) is 0 Å². The Kier molecular flexibility index (Phi) is 4.97. The molecule has 1 atom stereocenters. The van der Waals surface area contributed by atoms with Crippen molar-refractivity contribution in [3.05, 3.63) is 35.9 Å². The first-order valence-corrected chi connectivity index (χ1v) is 8.85. The summed E-state index contributed by atoms with van der Waals surface area (Å²) in [6.07, 6.45) is 9.48. The molecule has 2 heteroatoms. The van der Waals surface area contributed by atoms with Crippen LogP contribution in [0.5, 0.6) is 0 Å². The first-order valence-electron chi connectivity index (χ1n) is 8.85. The van der Waals surface area contributed by atoms with Crippen LogP contribution in [-0.2, 0) is 6.42 Å². The van der Waals surface area contributed by atoms with Crippen LogP contribution >= 0.6 is 0 Å². The Morgan fingerprint density at radius 1 is 1.19 bits per heavy atom. The molecule has 1 aromatic carbocycles. The third-order valence-electron chi connectivity index (χ3n) is 5.47. The van der Waals surface area contributed by atoms with E-state index in [0.717, 1.165) is 0 Å². The summed E-state index contributed by atoms with van der Waals surface area (Å²) in [6.45, 7) is 6.04. The summed E-state index contributed by atoms with van der Waals surface area (Å²) >= 11 is 0. The summed E-state index contributed by atoms with van der Waals surface area (Å²) in [5, 5.41) is 3.87. The van der Waals surface area contributed by atoms with Gasteiger partial charge >= 0.3 is 0 Å². The molecule has 2 aliphatic rings. The topological polar surface area (TPSA) is 15.3 Å². The molecule has 2 nitrogen and oxygen atoms in total. The number of unbranched alkanes of at least 4 members (excludes halogenated alkanes) is 1. The number of benzene rings is 1. The number of hydrogen-bond donors (Lipinski definition) is 1. The molecule has 1 aromatic rings. The van der Waals surface area contributed by atoms with E-state index < -0.39 is 0 Å². The predicted octanol–water partition coefficient (Wildman–Crippen LogP) is 3.62. The maximum atomic E-state index is 3.87. The largest absolute Gasteiger partial charge is 0.311 e. The normalized spacial score (nSPS) is 25.5. The van der Waals surface area contributed by atoms with E-state index in [2.05, 4.69) is 47.5 Å². The highest BCUT2D eigenvalue weighted by atomic mass is 15.3. The van der Waals surface area contributed by atoms with Crippen LogP contribution in [0.1, 0.15) is 51.0 Å². The molecule has 1 saturated heterocycles. The van der Waals surface area contributed by atoms with Gasteiger partial charge < -0.3 is 5.32 Å². The Bertz CT molecular complexity index is 422. The Morgan fingerprint density at radius 2 is 1.95 bits per heavy atom. The summed E-state index contributed by atoms with van der Waals surface area (Å²) in [4.78, 5) is 2.84. The van der Waals surface area contributed by atoms with Crippen molar-refractivity contribution >= 4 is 0 Å². The van der Waals surface area contributed by atoms with E-state index in [1.165, 1.54) is 70.1 Å². The van der Waals surface area contributed by atoms with Crippen LogP contribution in [0.2, 0.25) is 0 Å². The van der Waals surface area contributed by atoms with Crippen molar-refractivity contribution in [3.63, 3.8) is 0 Å². The van der Waals surface area contributed by atoms with Gasteiger partial charge in [-0.05, 0) is 37.8 Å². The minimum atomic E-state index is 0.488. The molecule has 1 aliphatic heterocycles. The average Bonchev–Trinajstić information content (AvgIpc) is 2.98. The number of nitrogens with one attached hydrogen (secondary N) is 1. The highest BCUT2D eigenvalue weighted by Crippen LogP contribution is 2.37. The lowest BCUT2D eigenvalue weighted by Crippen LogP contribution is -2.64. The van der Waals surface area contributed by atoms with Crippen LogP contribution in [0.4, 0.5) is 0 Å². The molecule has 1 spiro atoms. The van der Waals surface area contributed by atoms with Gasteiger partial charge in [-0.3, -0.25) is 4.90 Å². The van der Waals surface area contributed by atoms with E-state index in [1.807, 2.05) is 0 Å². The first kappa shape index (κ1) is 15.1. The first-order chi connectivity index (χ1) is 10.3. The van der Waals surface area contributed by atoms with Gasteiger partial charge in [-0.25, -0.2) is 0 Å². The molecule has 0 aromatic heterocycles. The fourth-order valence-electron chi connectivity index (χ4n) is 4.21. The molecule has 116 valence electrons. The summed E-state index contributed by atoms with van der Waals surface area (Å²) in [6, 6.07) is 11.6. The second-order valence-corrected chi connectivity index (χ2v) is 7.00. The molecule has 1 heterocycles. The summed E-state index contributed by atoms with van der Waals surface area (Å²) in [5.74, 6) is 0.